The molecule has 15 heteroatoms. The van der Waals surface area contributed by atoms with E-state index in [1.165, 1.54) is 0 Å². The lowest BCUT2D eigenvalue weighted by Gasteiger charge is -2.41. The van der Waals surface area contributed by atoms with Crippen LogP contribution < -0.4 is 0 Å². The minimum atomic E-state index is -8.22. The first-order valence-electron chi connectivity index (χ1n) is 6.51. The maximum Gasteiger partial charge on any atom is 0.460 e. The van der Waals surface area contributed by atoms with Gasteiger partial charge in [-0.25, -0.2) is 0 Å². The van der Waals surface area contributed by atoms with Gasteiger partial charge in [-0.15, -0.1) is 0 Å². The van der Waals surface area contributed by atoms with Gasteiger partial charge in [-0.05, 0) is 13.3 Å². The van der Waals surface area contributed by atoms with Gasteiger partial charge in [0.05, 0.1) is 0 Å². The van der Waals surface area contributed by atoms with Gasteiger partial charge in [0.2, 0.25) is 0 Å². The van der Waals surface area contributed by atoms with Gasteiger partial charge < -0.3 is 0 Å². The molecule has 0 saturated carbocycles. The van der Waals surface area contributed by atoms with Crippen molar-refractivity contribution in [3.63, 3.8) is 0 Å². The number of alkyl halides is 15. The van der Waals surface area contributed by atoms with Crippen molar-refractivity contribution in [2.75, 3.05) is 0 Å². The zero-order valence-corrected chi connectivity index (χ0v) is 12.7. The number of rotatable bonds is 8. The number of halogens is 15. The van der Waals surface area contributed by atoms with E-state index in [2.05, 4.69) is 0 Å². The number of hydrogen-bond acceptors (Lipinski definition) is 0. The van der Waals surface area contributed by atoms with Crippen LogP contribution in [0.4, 0.5) is 65.9 Å². The summed E-state index contributed by atoms with van der Waals surface area (Å²) in [6.07, 6.45) is -9.47. The second kappa shape index (κ2) is 6.94. The first-order chi connectivity index (χ1) is 11.6. The second-order valence-electron chi connectivity index (χ2n) is 5.18. The summed E-state index contributed by atoms with van der Waals surface area (Å²) >= 11 is 0. The van der Waals surface area contributed by atoms with Crippen LogP contribution in [0.3, 0.4) is 0 Å². The number of hydrogen-bond donors (Lipinski definition) is 0. The Morgan fingerprint density at radius 2 is 0.852 bits per heavy atom. The molecule has 0 bridgehead atoms. The van der Waals surface area contributed by atoms with Crippen molar-refractivity contribution in [2.45, 2.75) is 61.5 Å². The molecule has 0 rings (SSSR count). The smallest absolute Gasteiger partial charge is 0.200 e. The van der Waals surface area contributed by atoms with Crippen molar-refractivity contribution >= 4 is 0 Å². The zero-order chi connectivity index (χ0) is 22.3. The molecule has 0 aromatic heterocycles. The molecule has 0 N–H and O–H groups in total. The topological polar surface area (TPSA) is 0 Å². The molecule has 0 atom stereocenters. The molecule has 0 spiro atoms. The predicted octanol–water partition coefficient (Wildman–Crippen LogP) is 6.72. The van der Waals surface area contributed by atoms with Gasteiger partial charge in [0.15, 0.2) is 0 Å². The van der Waals surface area contributed by atoms with E-state index in [-0.39, 0.29) is 0 Å². The fraction of sp³-hybridized carbons (Fsp3) is 0.833. The number of allylic oxidation sites excluding steroid dienone is 2. The Morgan fingerprint density at radius 3 is 1.19 bits per heavy atom. The molecule has 0 fully saturated rings. The van der Waals surface area contributed by atoms with Crippen LogP contribution in [0.1, 0.15) is 19.8 Å². The van der Waals surface area contributed by atoms with Crippen LogP contribution in [0.5, 0.6) is 0 Å². The zero-order valence-electron chi connectivity index (χ0n) is 12.7. The van der Waals surface area contributed by atoms with Gasteiger partial charge in [-0.2, -0.15) is 65.9 Å². The molecule has 0 amide bonds. The van der Waals surface area contributed by atoms with E-state index in [0.29, 0.717) is 6.08 Å². The van der Waals surface area contributed by atoms with Crippen LogP contribution in [0.25, 0.3) is 0 Å². The van der Waals surface area contributed by atoms with Crippen LogP contribution in [0.2, 0.25) is 0 Å². The molecule has 0 aromatic carbocycles. The Balaban J connectivity index is 6.30. The normalized spacial score (nSPS) is 16.3. The van der Waals surface area contributed by atoms with E-state index in [9.17, 15) is 65.9 Å². The molecule has 0 aliphatic rings. The van der Waals surface area contributed by atoms with E-state index in [1.807, 2.05) is 0 Å². The molecule has 0 nitrogen and oxygen atoms in total. The third-order valence-corrected chi connectivity index (χ3v) is 3.25. The second-order valence-corrected chi connectivity index (χ2v) is 5.18. The van der Waals surface area contributed by atoms with Crippen LogP contribution in [-0.4, -0.2) is 41.7 Å². The summed E-state index contributed by atoms with van der Waals surface area (Å²) in [4.78, 5) is 0. The first kappa shape index (κ1) is 25.7. The molecule has 162 valence electrons. The summed E-state index contributed by atoms with van der Waals surface area (Å²) in [5, 5.41) is 0. The fourth-order valence-electron chi connectivity index (χ4n) is 1.59. The lowest BCUT2D eigenvalue weighted by atomic mass is 9.89. The molecule has 0 unspecified atom stereocenters. The third kappa shape index (κ3) is 3.69. The van der Waals surface area contributed by atoms with Crippen molar-refractivity contribution in [2.24, 2.45) is 0 Å². The monoisotopic (exact) mass is 438 g/mol. The Labute approximate surface area is 141 Å². The SMILES string of the molecule is CC=CCCC(F)(F)C(F)(F)C(F)(F)C(F)(F)C(F)(F)C(F)(F)C(F)(F)F. The highest BCUT2D eigenvalue weighted by atomic mass is 19.4. The summed E-state index contributed by atoms with van der Waals surface area (Å²) in [5.74, 6) is -45.9. The molecule has 0 aliphatic carbocycles. The van der Waals surface area contributed by atoms with Crippen LogP contribution in [0, 0.1) is 0 Å². The van der Waals surface area contributed by atoms with Gasteiger partial charge in [0.25, 0.3) is 0 Å². The lowest BCUT2D eigenvalue weighted by Crippen LogP contribution is -2.72. The molecule has 0 heterocycles. The highest BCUT2D eigenvalue weighted by molar-refractivity contribution is 5.13. The summed E-state index contributed by atoms with van der Waals surface area (Å²) in [7, 11) is 0. The molecule has 0 radical (unpaired) electrons. The quantitative estimate of drug-likeness (QED) is 0.292. The van der Waals surface area contributed by atoms with Crippen molar-refractivity contribution in [1.82, 2.24) is 0 Å². The highest BCUT2D eigenvalue weighted by Crippen LogP contribution is 2.62. The standard InChI is InChI=1S/C12H9F15/c1-2-3-4-5-6(13,14)7(15,16)8(17,18)9(19,20)10(21,22)11(23,24)12(25,26)27/h2-3H,4-5H2,1H3. The maximum atomic E-state index is 13.3. The van der Waals surface area contributed by atoms with Gasteiger partial charge >= 0.3 is 41.7 Å². The Bertz CT molecular complexity index is 539. The van der Waals surface area contributed by atoms with E-state index >= 15 is 0 Å². The first-order valence-corrected chi connectivity index (χ1v) is 6.51. The van der Waals surface area contributed by atoms with Crippen LogP contribution in [-0.2, 0) is 0 Å². The fourth-order valence-corrected chi connectivity index (χ4v) is 1.59. The molecule has 0 aromatic rings. The van der Waals surface area contributed by atoms with Crippen molar-refractivity contribution < 1.29 is 65.9 Å². The summed E-state index contributed by atoms with van der Waals surface area (Å²) in [6.45, 7) is 1.14. The molecular formula is C12H9F15. The molecule has 0 saturated heterocycles. The molecule has 27 heavy (non-hydrogen) atoms. The molecular weight excluding hydrogens is 429 g/mol. The largest absolute Gasteiger partial charge is 0.460 e. The van der Waals surface area contributed by atoms with Gasteiger partial charge in [-0.3, -0.25) is 0 Å². The predicted molar refractivity (Wildman–Crippen MR) is 59.8 cm³/mol. The van der Waals surface area contributed by atoms with Gasteiger partial charge in [-0.1, -0.05) is 12.2 Å². The van der Waals surface area contributed by atoms with Gasteiger partial charge in [0, 0.05) is 6.42 Å². The minimum Gasteiger partial charge on any atom is -0.200 e. The summed E-state index contributed by atoms with van der Waals surface area (Å²) in [5.41, 5.74) is 0. The van der Waals surface area contributed by atoms with E-state index in [4.69, 9.17) is 0 Å². The Morgan fingerprint density at radius 1 is 0.519 bits per heavy atom. The van der Waals surface area contributed by atoms with E-state index < -0.39 is 54.6 Å². The summed E-state index contributed by atoms with van der Waals surface area (Å²) in [6, 6.07) is 0. The average Bonchev–Trinajstić information content (AvgIpc) is 2.45. The third-order valence-electron chi connectivity index (χ3n) is 3.25. The van der Waals surface area contributed by atoms with Crippen molar-refractivity contribution in [3.8, 4) is 0 Å². The molecule has 0 aliphatic heterocycles. The van der Waals surface area contributed by atoms with Gasteiger partial charge in [0.1, 0.15) is 0 Å². The average molecular weight is 438 g/mol. The lowest BCUT2D eigenvalue weighted by molar-refractivity contribution is -0.452. The summed E-state index contributed by atoms with van der Waals surface area (Å²) < 4.78 is 192. The van der Waals surface area contributed by atoms with E-state index in [1.54, 1.807) is 0 Å². The Kier molecular flexibility index (Phi) is 6.60. The maximum absolute atomic E-state index is 13.3. The van der Waals surface area contributed by atoms with Crippen molar-refractivity contribution in [1.29, 1.82) is 0 Å². The Hall–Kier alpha value is -1.31. The van der Waals surface area contributed by atoms with Crippen LogP contribution >= 0.6 is 0 Å². The van der Waals surface area contributed by atoms with Crippen LogP contribution in [0.15, 0.2) is 12.2 Å². The minimum absolute atomic E-state index is 0.659. The highest BCUT2D eigenvalue weighted by Gasteiger charge is 2.93. The van der Waals surface area contributed by atoms with E-state index in [0.717, 1.165) is 13.0 Å². The van der Waals surface area contributed by atoms with Crippen molar-refractivity contribution in [3.05, 3.63) is 12.2 Å².